The van der Waals surface area contributed by atoms with Gasteiger partial charge >= 0.3 is 13.1 Å². The monoisotopic (exact) mass is 363 g/mol. The molecule has 1 amide bonds. The maximum atomic E-state index is 14.7. The molecular formula is C18H23BFNO5. The van der Waals surface area contributed by atoms with Crippen molar-refractivity contribution in [2.45, 2.75) is 56.2 Å². The van der Waals surface area contributed by atoms with Crippen LogP contribution in [0, 0.1) is 11.7 Å². The largest absolute Gasteiger partial charge is 0.481 e. The summed E-state index contributed by atoms with van der Waals surface area (Å²) in [5.74, 6) is -3.08. The second-order valence-electron chi connectivity index (χ2n) is 7.52. The number of hydrogen-bond donors (Lipinski definition) is 4. The van der Waals surface area contributed by atoms with Gasteiger partial charge in [0, 0.05) is 5.56 Å². The number of halogens is 1. The Hall–Kier alpha value is -1.93. The molecule has 1 saturated carbocycles. The number of aliphatic carboxylic acids is 1. The fourth-order valence-electron chi connectivity index (χ4n) is 4.46. The van der Waals surface area contributed by atoms with E-state index < -0.39 is 36.1 Å². The van der Waals surface area contributed by atoms with Gasteiger partial charge < -0.3 is 20.9 Å². The zero-order valence-electron chi connectivity index (χ0n) is 14.4. The molecule has 5 N–H and O–H groups in total. The molecule has 0 unspecified atom stereocenters. The first-order chi connectivity index (χ1) is 12.3. The topological polar surface area (TPSA) is 121 Å². The highest BCUT2D eigenvalue weighted by molar-refractivity contribution is 6.40. The first-order valence-corrected chi connectivity index (χ1v) is 8.98. The van der Waals surface area contributed by atoms with Gasteiger partial charge in [-0.3, -0.25) is 9.59 Å². The number of carbonyl (C=O) groups excluding carboxylic acids is 1. The summed E-state index contributed by atoms with van der Waals surface area (Å²) in [6.07, 6.45) is 3.31. The Labute approximate surface area is 151 Å². The third-order valence-corrected chi connectivity index (χ3v) is 6.02. The summed E-state index contributed by atoms with van der Waals surface area (Å²) in [6.45, 7) is 0. The predicted octanol–water partition coefficient (Wildman–Crippen LogP) is 1.33. The SMILES string of the molecule is NC(=O)C1(c2cc3c(cc2F)C[C@H](CCCB(O)O)[C@@H]3C(=O)O)CCC1. The molecule has 2 aliphatic carbocycles. The molecule has 0 heterocycles. The summed E-state index contributed by atoms with van der Waals surface area (Å²) in [7, 11) is -1.42. The number of carboxylic acids is 1. The second-order valence-corrected chi connectivity index (χ2v) is 7.52. The molecule has 2 aliphatic rings. The Morgan fingerprint density at radius 1 is 1.31 bits per heavy atom. The van der Waals surface area contributed by atoms with Gasteiger partial charge in [-0.1, -0.05) is 18.9 Å². The molecule has 3 rings (SSSR count). The highest BCUT2D eigenvalue weighted by Gasteiger charge is 2.47. The van der Waals surface area contributed by atoms with Crippen molar-refractivity contribution in [3.63, 3.8) is 0 Å². The van der Waals surface area contributed by atoms with Gasteiger partial charge in [-0.05, 0) is 55.1 Å². The summed E-state index contributed by atoms with van der Waals surface area (Å²) in [5, 5.41) is 27.6. The second kappa shape index (κ2) is 7.00. The third kappa shape index (κ3) is 3.12. The van der Waals surface area contributed by atoms with Crippen LogP contribution in [0.2, 0.25) is 6.32 Å². The molecule has 0 aromatic heterocycles. The number of benzene rings is 1. The fraction of sp³-hybridized carbons (Fsp3) is 0.556. The maximum Gasteiger partial charge on any atom is 0.451 e. The molecule has 0 saturated heterocycles. The minimum Gasteiger partial charge on any atom is -0.481 e. The summed E-state index contributed by atoms with van der Waals surface area (Å²) in [6, 6.07) is 2.89. The molecule has 140 valence electrons. The minimum absolute atomic E-state index is 0.170. The van der Waals surface area contributed by atoms with Crippen molar-refractivity contribution in [1.29, 1.82) is 0 Å². The van der Waals surface area contributed by atoms with Crippen LogP contribution in [0.25, 0.3) is 0 Å². The first kappa shape index (κ1) is 18.9. The van der Waals surface area contributed by atoms with Crippen LogP contribution in [0.15, 0.2) is 12.1 Å². The highest BCUT2D eigenvalue weighted by Crippen LogP contribution is 2.48. The van der Waals surface area contributed by atoms with Crippen molar-refractivity contribution >= 4 is 19.0 Å². The molecule has 0 spiro atoms. The number of carboxylic acid groups (broad SMARTS) is 1. The molecule has 1 aromatic carbocycles. The van der Waals surface area contributed by atoms with E-state index in [1.165, 1.54) is 12.1 Å². The highest BCUT2D eigenvalue weighted by atomic mass is 19.1. The van der Waals surface area contributed by atoms with Gasteiger partial charge in [0.1, 0.15) is 5.82 Å². The Morgan fingerprint density at radius 2 is 2.00 bits per heavy atom. The van der Waals surface area contributed by atoms with Crippen molar-refractivity contribution < 1.29 is 29.1 Å². The predicted molar refractivity (Wildman–Crippen MR) is 92.9 cm³/mol. The van der Waals surface area contributed by atoms with Crippen molar-refractivity contribution in [3.05, 3.63) is 34.6 Å². The lowest BCUT2D eigenvalue weighted by Gasteiger charge is -2.39. The van der Waals surface area contributed by atoms with Crippen molar-refractivity contribution in [2.24, 2.45) is 11.7 Å². The van der Waals surface area contributed by atoms with Crippen LogP contribution >= 0.6 is 0 Å². The standard InChI is InChI=1S/C18H23BFNO5/c20-14-8-11-7-10(3-1-6-19(25)26)15(16(22)23)12(11)9-13(14)18(17(21)24)4-2-5-18/h8-10,15,25-26H,1-7H2,(H2,21,24)(H,22,23)/t10-,15-/m0/s1. The van der Waals surface area contributed by atoms with Crippen LogP contribution in [0.3, 0.4) is 0 Å². The zero-order chi connectivity index (χ0) is 19.1. The number of primary amides is 1. The molecule has 8 heteroatoms. The van der Waals surface area contributed by atoms with E-state index in [9.17, 15) is 19.1 Å². The van der Waals surface area contributed by atoms with Crippen LogP contribution in [0.1, 0.15) is 54.7 Å². The quantitative estimate of drug-likeness (QED) is 0.545. The Balaban J connectivity index is 1.93. The molecule has 1 aromatic rings. The Bertz CT molecular complexity index is 735. The lowest BCUT2D eigenvalue weighted by Crippen LogP contribution is -2.47. The van der Waals surface area contributed by atoms with Crippen LogP contribution in [-0.2, 0) is 21.4 Å². The van der Waals surface area contributed by atoms with Gasteiger partial charge in [0.2, 0.25) is 5.91 Å². The van der Waals surface area contributed by atoms with Gasteiger partial charge in [-0.15, -0.1) is 0 Å². The number of nitrogens with two attached hydrogens (primary N) is 1. The van der Waals surface area contributed by atoms with E-state index in [2.05, 4.69) is 0 Å². The molecule has 0 aliphatic heterocycles. The lowest BCUT2D eigenvalue weighted by atomic mass is 9.63. The third-order valence-electron chi connectivity index (χ3n) is 6.02. The van der Waals surface area contributed by atoms with E-state index in [4.69, 9.17) is 15.8 Å². The van der Waals surface area contributed by atoms with E-state index in [-0.39, 0.29) is 17.8 Å². The van der Waals surface area contributed by atoms with Crippen molar-refractivity contribution in [2.75, 3.05) is 0 Å². The summed E-state index contributed by atoms with van der Waals surface area (Å²) >= 11 is 0. The van der Waals surface area contributed by atoms with E-state index in [0.29, 0.717) is 43.2 Å². The summed E-state index contributed by atoms with van der Waals surface area (Å²) in [5.41, 5.74) is 5.91. The minimum atomic E-state index is -1.42. The van der Waals surface area contributed by atoms with Crippen LogP contribution in [0.5, 0.6) is 0 Å². The average molecular weight is 363 g/mol. The van der Waals surface area contributed by atoms with Gasteiger partial charge in [0.05, 0.1) is 11.3 Å². The number of fused-ring (bicyclic) bond motifs is 1. The molecule has 0 radical (unpaired) electrons. The van der Waals surface area contributed by atoms with Gasteiger partial charge in [-0.25, -0.2) is 4.39 Å². The maximum absolute atomic E-state index is 14.7. The lowest BCUT2D eigenvalue weighted by molar-refractivity contribution is -0.140. The van der Waals surface area contributed by atoms with E-state index in [1.807, 2.05) is 0 Å². The molecular weight excluding hydrogens is 340 g/mol. The molecule has 1 fully saturated rings. The summed E-state index contributed by atoms with van der Waals surface area (Å²) in [4.78, 5) is 23.8. The molecule has 2 atom stereocenters. The van der Waals surface area contributed by atoms with E-state index in [0.717, 1.165) is 6.42 Å². The fourth-order valence-corrected chi connectivity index (χ4v) is 4.46. The van der Waals surface area contributed by atoms with Crippen LogP contribution in [-0.4, -0.2) is 34.1 Å². The number of amides is 1. The van der Waals surface area contributed by atoms with Crippen molar-refractivity contribution in [3.8, 4) is 0 Å². The Morgan fingerprint density at radius 3 is 2.50 bits per heavy atom. The van der Waals surface area contributed by atoms with Crippen molar-refractivity contribution in [1.82, 2.24) is 0 Å². The average Bonchev–Trinajstić information content (AvgIpc) is 2.82. The molecule has 6 nitrogen and oxygen atoms in total. The van der Waals surface area contributed by atoms with Gasteiger partial charge in [0.15, 0.2) is 0 Å². The van der Waals surface area contributed by atoms with Gasteiger partial charge in [-0.2, -0.15) is 0 Å². The number of rotatable bonds is 7. The van der Waals surface area contributed by atoms with E-state index in [1.54, 1.807) is 0 Å². The van der Waals surface area contributed by atoms with Crippen LogP contribution < -0.4 is 5.73 Å². The molecule has 26 heavy (non-hydrogen) atoms. The zero-order valence-corrected chi connectivity index (χ0v) is 14.4. The normalized spacial score (nSPS) is 23.2. The number of hydrogen-bond acceptors (Lipinski definition) is 4. The smallest absolute Gasteiger partial charge is 0.451 e. The van der Waals surface area contributed by atoms with Gasteiger partial charge in [0.25, 0.3) is 0 Å². The van der Waals surface area contributed by atoms with Crippen LogP contribution in [0.4, 0.5) is 4.39 Å². The number of carbonyl (C=O) groups is 2. The molecule has 0 bridgehead atoms. The van der Waals surface area contributed by atoms with E-state index >= 15 is 0 Å². The first-order valence-electron chi connectivity index (χ1n) is 8.98. The Kier molecular flexibility index (Phi) is 5.08. The summed E-state index contributed by atoms with van der Waals surface area (Å²) < 4.78 is 14.7.